The highest BCUT2D eigenvalue weighted by atomic mass is 16.5. The van der Waals surface area contributed by atoms with Gasteiger partial charge in [-0.15, -0.1) is 0 Å². The van der Waals surface area contributed by atoms with Crippen LogP contribution in [0.25, 0.3) is 10.9 Å². The van der Waals surface area contributed by atoms with E-state index in [0.717, 1.165) is 18.9 Å². The van der Waals surface area contributed by atoms with Crippen molar-refractivity contribution in [3.63, 3.8) is 0 Å². The largest absolute Gasteiger partial charge is 0.493 e. The number of hydrogen-bond donors (Lipinski definition) is 1. The van der Waals surface area contributed by atoms with Gasteiger partial charge >= 0.3 is 6.01 Å². The maximum Gasteiger partial charge on any atom is 0.325 e. The van der Waals surface area contributed by atoms with E-state index in [2.05, 4.69) is 24.8 Å². The normalized spacial score (nSPS) is 14.8. The molecule has 1 saturated heterocycles. The Kier molecular flexibility index (Phi) is 3.80. The third-order valence-corrected chi connectivity index (χ3v) is 3.72. The highest BCUT2D eigenvalue weighted by molar-refractivity contribution is 5.82. The molecule has 3 aromatic rings. The van der Waals surface area contributed by atoms with Gasteiger partial charge in [-0.1, -0.05) is 0 Å². The molecule has 0 spiro atoms. The first-order valence-electron chi connectivity index (χ1n) is 7.57. The molecule has 8 nitrogen and oxygen atoms in total. The summed E-state index contributed by atoms with van der Waals surface area (Å²) in [6, 6.07) is 5.25. The van der Waals surface area contributed by atoms with Gasteiger partial charge in [0.1, 0.15) is 11.6 Å². The van der Waals surface area contributed by atoms with E-state index in [1.54, 1.807) is 30.7 Å². The smallest absolute Gasteiger partial charge is 0.325 e. The summed E-state index contributed by atoms with van der Waals surface area (Å²) < 4.78 is 11.0. The minimum Gasteiger partial charge on any atom is -0.493 e. The molecule has 3 aromatic heterocycles. The van der Waals surface area contributed by atoms with Gasteiger partial charge in [-0.3, -0.25) is 4.98 Å². The van der Waals surface area contributed by atoms with E-state index in [0.29, 0.717) is 29.9 Å². The zero-order valence-corrected chi connectivity index (χ0v) is 12.8. The lowest BCUT2D eigenvalue weighted by atomic mass is 10.3. The molecule has 0 aliphatic carbocycles. The van der Waals surface area contributed by atoms with Crippen molar-refractivity contribution in [2.24, 2.45) is 0 Å². The molecule has 0 saturated carbocycles. The van der Waals surface area contributed by atoms with Gasteiger partial charge in [0, 0.05) is 31.5 Å². The van der Waals surface area contributed by atoms with Crippen molar-refractivity contribution >= 4 is 16.7 Å². The molecular formula is C16H15N5O3. The fourth-order valence-electron chi connectivity index (χ4n) is 2.52. The van der Waals surface area contributed by atoms with Crippen LogP contribution in [-0.2, 0) is 4.74 Å². The first kappa shape index (κ1) is 14.6. The lowest BCUT2D eigenvalue weighted by Crippen LogP contribution is -2.36. The molecule has 4 rings (SSSR count). The van der Waals surface area contributed by atoms with E-state index in [1.165, 1.54) is 0 Å². The molecule has 0 amide bonds. The van der Waals surface area contributed by atoms with Crippen LogP contribution in [0.1, 0.15) is 0 Å². The Morgan fingerprint density at radius 1 is 1.12 bits per heavy atom. The Balaban J connectivity index is 1.61. The highest BCUT2D eigenvalue weighted by Gasteiger charge is 2.14. The van der Waals surface area contributed by atoms with E-state index in [4.69, 9.17) is 9.47 Å². The third kappa shape index (κ3) is 2.91. The van der Waals surface area contributed by atoms with Gasteiger partial charge in [0.15, 0.2) is 0 Å². The molecule has 1 aliphatic heterocycles. The number of morpholine rings is 1. The molecule has 1 fully saturated rings. The monoisotopic (exact) mass is 325 g/mol. The summed E-state index contributed by atoms with van der Waals surface area (Å²) in [6.07, 6.45) is 4.79. The van der Waals surface area contributed by atoms with Crippen LogP contribution in [0.4, 0.5) is 5.82 Å². The van der Waals surface area contributed by atoms with Crippen LogP contribution in [0.15, 0.2) is 36.8 Å². The first-order valence-corrected chi connectivity index (χ1v) is 7.57. The molecule has 4 heterocycles. The summed E-state index contributed by atoms with van der Waals surface area (Å²) in [5.41, 5.74) is 0.516. The Morgan fingerprint density at radius 2 is 2.00 bits per heavy atom. The molecule has 0 atom stereocenters. The van der Waals surface area contributed by atoms with E-state index in [-0.39, 0.29) is 11.9 Å². The predicted molar refractivity (Wildman–Crippen MR) is 86.3 cm³/mol. The Morgan fingerprint density at radius 3 is 2.88 bits per heavy atom. The van der Waals surface area contributed by atoms with E-state index in [9.17, 15) is 5.11 Å². The second-order valence-electron chi connectivity index (χ2n) is 5.27. The summed E-state index contributed by atoms with van der Waals surface area (Å²) in [4.78, 5) is 18.7. The number of anilines is 1. The van der Waals surface area contributed by atoms with Crippen molar-refractivity contribution in [1.82, 2.24) is 19.9 Å². The highest BCUT2D eigenvalue weighted by Crippen LogP contribution is 2.27. The van der Waals surface area contributed by atoms with Crippen LogP contribution in [0.5, 0.6) is 17.6 Å². The van der Waals surface area contributed by atoms with Crippen molar-refractivity contribution in [3.8, 4) is 17.6 Å². The zero-order chi connectivity index (χ0) is 16.4. The van der Waals surface area contributed by atoms with Gasteiger partial charge in [0.2, 0.25) is 5.88 Å². The molecular weight excluding hydrogens is 310 g/mol. The van der Waals surface area contributed by atoms with Gasteiger partial charge < -0.3 is 19.5 Å². The summed E-state index contributed by atoms with van der Waals surface area (Å²) in [5.74, 6) is 1.22. The maximum atomic E-state index is 10.00. The average Bonchev–Trinajstić information content (AvgIpc) is 2.63. The minimum absolute atomic E-state index is 0.0622. The van der Waals surface area contributed by atoms with Crippen LogP contribution in [0, 0.1) is 0 Å². The number of nitrogens with zero attached hydrogens (tertiary/aromatic N) is 5. The topological polar surface area (TPSA) is 93.5 Å². The number of ether oxygens (including phenoxy) is 2. The molecule has 1 aliphatic rings. The van der Waals surface area contributed by atoms with Gasteiger partial charge in [-0.05, 0) is 12.1 Å². The lowest BCUT2D eigenvalue weighted by Gasteiger charge is -2.27. The van der Waals surface area contributed by atoms with Crippen molar-refractivity contribution < 1.29 is 14.6 Å². The maximum absolute atomic E-state index is 10.00. The first-order chi connectivity index (χ1) is 11.8. The average molecular weight is 325 g/mol. The van der Waals surface area contributed by atoms with Gasteiger partial charge in [0.25, 0.3) is 0 Å². The Labute approximate surface area is 137 Å². The summed E-state index contributed by atoms with van der Waals surface area (Å²) in [7, 11) is 0. The van der Waals surface area contributed by atoms with Crippen LogP contribution in [0.2, 0.25) is 0 Å². The molecule has 24 heavy (non-hydrogen) atoms. The molecule has 0 radical (unpaired) electrons. The summed E-state index contributed by atoms with van der Waals surface area (Å²) in [6.45, 7) is 2.94. The summed E-state index contributed by atoms with van der Waals surface area (Å²) in [5, 5.41) is 10.5. The number of fused-ring (bicyclic) bond motifs is 1. The molecule has 0 aromatic carbocycles. The number of rotatable bonds is 3. The standard InChI is InChI=1S/C16H15N5O3/c22-15-12-2-3-17-10-13(12)19-16(20-15)24-11-1-4-18-14(9-11)21-5-7-23-8-6-21/h1-4,9-10H,5-8H2,(H,19,20,22). The Hall–Kier alpha value is -3.00. The van der Waals surface area contributed by atoms with Crippen LogP contribution >= 0.6 is 0 Å². The molecule has 8 heteroatoms. The quantitative estimate of drug-likeness (QED) is 0.778. The number of pyridine rings is 2. The lowest BCUT2D eigenvalue weighted by molar-refractivity contribution is 0.122. The Bertz CT molecular complexity index is 867. The second-order valence-corrected chi connectivity index (χ2v) is 5.27. The van der Waals surface area contributed by atoms with Gasteiger partial charge in [-0.2, -0.15) is 9.97 Å². The minimum atomic E-state index is -0.139. The molecule has 1 N–H and O–H groups in total. The van der Waals surface area contributed by atoms with Crippen LogP contribution < -0.4 is 9.64 Å². The van der Waals surface area contributed by atoms with Crippen molar-refractivity contribution in [3.05, 3.63) is 36.8 Å². The number of hydrogen-bond acceptors (Lipinski definition) is 8. The van der Waals surface area contributed by atoms with Crippen molar-refractivity contribution in [2.75, 3.05) is 31.2 Å². The van der Waals surface area contributed by atoms with Gasteiger partial charge in [-0.25, -0.2) is 4.98 Å². The van der Waals surface area contributed by atoms with E-state index in [1.807, 2.05) is 6.07 Å². The van der Waals surface area contributed by atoms with E-state index < -0.39 is 0 Å². The molecule has 122 valence electrons. The zero-order valence-electron chi connectivity index (χ0n) is 12.8. The van der Waals surface area contributed by atoms with Crippen LogP contribution in [0.3, 0.4) is 0 Å². The van der Waals surface area contributed by atoms with E-state index >= 15 is 0 Å². The van der Waals surface area contributed by atoms with Gasteiger partial charge in [0.05, 0.1) is 30.3 Å². The van der Waals surface area contributed by atoms with Crippen molar-refractivity contribution in [1.29, 1.82) is 0 Å². The fraction of sp³-hybridized carbons (Fsp3) is 0.250. The number of aromatic nitrogens is 4. The van der Waals surface area contributed by atoms with Crippen molar-refractivity contribution in [2.45, 2.75) is 0 Å². The summed E-state index contributed by atoms with van der Waals surface area (Å²) >= 11 is 0. The van der Waals surface area contributed by atoms with Crippen LogP contribution in [-0.4, -0.2) is 51.3 Å². The SMILES string of the molecule is Oc1nc(Oc2ccnc(N3CCOCC3)c2)nc2cnccc12. The predicted octanol–water partition coefficient (Wildman–Crippen LogP) is 1.75. The molecule has 0 unspecified atom stereocenters. The fourth-order valence-corrected chi connectivity index (χ4v) is 2.52. The second kappa shape index (κ2) is 6.25. The third-order valence-electron chi connectivity index (χ3n) is 3.72. The number of aromatic hydroxyl groups is 1. The molecule has 0 bridgehead atoms.